The molecule has 1 amide bonds. The Bertz CT molecular complexity index is 1160. The highest BCUT2D eigenvalue weighted by atomic mass is 16.5. The number of hydrogen-bond donors (Lipinski definition) is 1. The monoisotopic (exact) mass is 449 g/mol. The number of carbonyl (C=O) groups excluding carboxylic acids is 2. The quantitative estimate of drug-likeness (QED) is 0.708. The van der Waals surface area contributed by atoms with Gasteiger partial charge >= 0.3 is 5.97 Å². The van der Waals surface area contributed by atoms with E-state index in [0.717, 1.165) is 36.4 Å². The molecule has 1 N–H and O–H groups in total. The maximum Gasteiger partial charge on any atom is 0.338 e. The van der Waals surface area contributed by atoms with Crippen LogP contribution in [0.5, 0.6) is 0 Å². The average molecular weight is 450 g/mol. The lowest BCUT2D eigenvalue weighted by molar-refractivity contribution is -0.128. The maximum atomic E-state index is 12.6. The summed E-state index contributed by atoms with van der Waals surface area (Å²) in [5.74, 6) is 2.41. The van der Waals surface area contributed by atoms with Gasteiger partial charge in [0.15, 0.2) is 6.61 Å². The van der Waals surface area contributed by atoms with Gasteiger partial charge < -0.3 is 10.1 Å². The second-order valence-corrected chi connectivity index (χ2v) is 11.0. The summed E-state index contributed by atoms with van der Waals surface area (Å²) in [6.45, 7) is 2.52. The highest BCUT2D eigenvalue weighted by Crippen LogP contribution is 2.61. The lowest BCUT2D eigenvalue weighted by Gasteiger charge is -2.59. The molecule has 5 aliphatic rings. The number of rotatable bonds is 5. The molecule has 1 aromatic heterocycles. The Balaban J connectivity index is 1.10. The lowest BCUT2D eigenvalue weighted by atomic mass is 9.48. The Morgan fingerprint density at radius 2 is 1.88 bits per heavy atom. The Morgan fingerprint density at radius 3 is 2.58 bits per heavy atom. The molecule has 7 rings (SSSR count). The molecule has 0 spiro atoms. The minimum atomic E-state index is -0.572. The number of fused-ring (bicyclic) bond motifs is 2. The van der Waals surface area contributed by atoms with Crippen molar-refractivity contribution in [1.29, 1.82) is 0 Å². The molecule has 0 radical (unpaired) electrons. The fourth-order valence-electron chi connectivity index (χ4n) is 7.57. The summed E-state index contributed by atoms with van der Waals surface area (Å²) in [6.07, 6.45) is 9.43. The fourth-order valence-corrected chi connectivity index (χ4v) is 7.57. The summed E-state index contributed by atoms with van der Waals surface area (Å²) < 4.78 is 7.02. The van der Waals surface area contributed by atoms with Crippen LogP contribution in [0.4, 0.5) is 0 Å². The van der Waals surface area contributed by atoms with Crippen molar-refractivity contribution in [2.45, 2.75) is 70.9 Å². The molecule has 33 heavy (non-hydrogen) atoms. The standard InChI is InChI=1S/C26H31N3O4/c1-15(26-11-16-7-17(12-26)9-18(8-16)13-26)27-23(30)14-33-25(32)19-4-5-20-21(10-19)28-22-3-2-6-29(22)24(20)31/h4-5,10,15-18H,2-3,6-9,11-14H2,1H3,(H,27,30)/t15-,16?,17?,18?,26?/m1/s1. The maximum absolute atomic E-state index is 12.6. The molecular formula is C26H31N3O4. The van der Waals surface area contributed by atoms with Gasteiger partial charge in [-0.05, 0) is 93.2 Å². The molecule has 4 saturated carbocycles. The van der Waals surface area contributed by atoms with Gasteiger partial charge in [-0.15, -0.1) is 0 Å². The number of carbonyl (C=O) groups is 2. The topological polar surface area (TPSA) is 90.3 Å². The van der Waals surface area contributed by atoms with E-state index in [-0.39, 0.29) is 29.5 Å². The van der Waals surface area contributed by atoms with Gasteiger partial charge in [0.25, 0.3) is 11.5 Å². The number of benzene rings is 1. The first kappa shape index (κ1) is 20.9. The molecule has 1 atom stereocenters. The molecular weight excluding hydrogens is 418 g/mol. The van der Waals surface area contributed by atoms with Crippen molar-refractivity contribution < 1.29 is 14.3 Å². The molecule has 4 bridgehead atoms. The van der Waals surface area contributed by atoms with Crippen molar-refractivity contribution in [3.8, 4) is 0 Å². The van der Waals surface area contributed by atoms with E-state index in [1.165, 1.54) is 38.5 Å². The second kappa shape index (κ2) is 7.67. The summed E-state index contributed by atoms with van der Waals surface area (Å²) in [5.41, 5.74) is 0.958. The Labute approximate surface area is 192 Å². The molecule has 0 saturated heterocycles. The molecule has 7 nitrogen and oxygen atoms in total. The molecule has 2 aromatic rings. The van der Waals surface area contributed by atoms with Crippen molar-refractivity contribution in [2.24, 2.45) is 23.2 Å². The number of nitrogens with one attached hydrogen (secondary N) is 1. The molecule has 7 heteroatoms. The molecule has 174 valence electrons. The Hall–Kier alpha value is -2.70. The van der Waals surface area contributed by atoms with Crippen LogP contribution in [0, 0.1) is 23.2 Å². The largest absolute Gasteiger partial charge is 0.452 e. The number of esters is 1. The van der Waals surface area contributed by atoms with E-state index < -0.39 is 5.97 Å². The van der Waals surface area contributed by atoms with Crippen molar-refractivity contribution in [3.63, 3.8) is 0 Å². The third-order valence-corrected chi connectivity index (χ3v) is 8.77. The van der Waals surface area contributed by atoms with Crippen molar-refractivity contribution in [2.75, 3.05) is 6.61 Å². The van der Waals surface area contributed by atoms with Crippen LogP contribution in [0.3, 0.4) is 0 Å². The number of ether oxygens (including phenoxy) is 1. The zero-order chi connectivity index (χ0) is 22.7. The first-order chi connectivity index (χ1) is 15.9. The van der Waals surface area contributed by atoms with Gasteiger partial charge in [-0.1, -0.05) is 0 Å². The van der Waals surface area contributed by atoms with Crippen LogP contribution in [0.15, 0.2) is 23.0 Å². The summed E-state index contributed by atoms with van der Waals surface area (Å²) in [6, 6.07) is 4.89. The second-order valence-electron chi connectivity index (χ2n) is 11.0. The van der Waals surface area contributed by atoms with E-state index in [9.17, 15) is 14.4 Å². The highest BCUT2D eigenvalue weighted by Gasteiger charge is 2.53. The van der Waals surface area contributed by atoms with Crippen LogP contribution in [-0.2, 0) is 22.5 Å². The summed E-state index contributed by atoms with van der Waals surface area (Å²) >= 11 is 0. The molecule has 4 aliphatic carbocycles. The van der Waals surface area contributed by atoms with Gasteiger partial charge in [0.05, 0.1) is 16.5 Å². The minimum Gasteiger partial charge on any atom is -0.452 e. The van der Waals surface area contributed by atoms with Crippen molar-refractivity contribution in [3.05, 3.63) is 39.9 Å². The van der Waals surface area contributed by atoms with Gasteiger partial charge in [-0.3, -0.25) is 14.2 Å². The molecule has 1 aliphatic heterocycles. The third kappa shape index (κ3) is 3.56. The van der Waals surface area contributed by atoms with E-state index in [1.54, 1.807) is 22.8 Å². The van der Waals surface area contributed by atoms with Gasteiger partial charge in [0.2, 0.25) is 0 Å². The molecule has 0 unspecified atom stereocenters. The number of amides is 1. The van der Waals surface area contributed by atoms with Crippen LogP contribution < -0.4 is 10.9 Å². The van der Waals surface area contributed by atoms with E-state index in [1.807, 2.05) is 0 Å². The lowest BCUT2D eigenvalue weighted by Crippen LogP contribution is -2.56. The van der Waals surface area contributed by atoms with E-state index in [0.29, 0.717) is 23.0 Å². The first-order valence-electron chi connectivity index (χ1n) is 12.4. The average Bonchev–Trinajstić information content (AvgIpc) is 3.25. The van der Waals surface area contributed by atoms with Crippen LogP contribution >= 0.6 is 0 Å². The number of nitrogens with zero attached hydrogens (tertiary/aromatic N) is 2. The van der Waals surface area contributed by atoms with Gasteiger partial charge in [-0.25, -0.2) is 9.78 Å². The highest BCUT2D eigenvalue weighted by molar-refractivity contribution is 5.95. The summed E-state index contributed by atoms with van der Waals surface area (Å²) in [4.78, 5) is 42.4. The number of hydrogen-bond acceptors (Lipinski definition) is 5. The van der Waals surface area contributed by atoms with Gasteiger partial charge in [0.1, 0.15) is 5.82 Å². The smallest absolute Gasteiger partial charge is 0.338 e. The Morgan fingerprint density at radius 1 is 1.18 bits per heavy atom. The molecule has 2 heterocycles. The minimum absolute atomic E-state index is 0.0644. The van der Waals surface area contributed by atoms with E-state index in [4.69, 9.17) is 4.74 Å². The number of aryl methyl sites for hydroxylation is 1. The van der Waals surface area contributed by atoms with Gasteiger partial charge in [0, 0.05) is 19.0 Å². The van der Waals surface area contributed by atoms with Crippen LogP contribution in [0.1, 0.15) is 68.1 Å². The van der Waals surface area contributed by atoms with E-state index >= 15 is 0 Å². The van der Waals surface area contributed by atoms with Crippen molar-refractivity contribution >= 4 is 22.8 Å². The third-order valence-electron chi connectivity index (χ3n) is 8.77. The predicted octanol–water partition coefficient (Wildman–Crippen LogP) is 3.22. The fraction of sp³-hybridized carbons (Fsp3) is 0.615. The summed E-state index contributed by atoms with van der Waals surface area (Å²) in [7, 11) is 0. The van der Waals surface area contributed by atoms with Gasteiger partial charge in [-0.2, -0.15) is 0 Å². The van der Waals surface area contributed by atoms with Crippen molar-refractivity contribution in [1.82, 2.24) is 14.9 Å². The normalized spacial score (nSPS) is 30.3. The SMILES string of the molecule is C[C@@H](NC(=O)COC(=O)c1ccc2c(=O)n3c(nc2c1)CCC3)C12CC3CC(CC(C3)C1)C2. The zero-order valence-electron chi connectivity index (χ0n) is 19.1. The molecule has 1 aromatic carbocycles. The molecule has 4 fully saturated rings. The first-order valence-corrected chi connectivity index (χ1v) is 12.4. The zero-order valence-corrected chi connectivity index (χ0v) is 19.1. The predicted molar refractivity (Wildman–Crippen MR) is 123 cm³/mol. The Kier molecular flexibility index (Phi) is 4.85. The van der Waals surface area contributed by atoms with Crippen LogP contribution in [0.25, 0.3) is 10.9 Å². The van der Waals surface area contributed by atoms with E-state index in [2.05, 4.69) is 17.2 Å². The summed E-state index contributed by atoms with van der Waals surface area (Å²) in [5, 5.41) is 3.64. The number of aromatic nitrogens is 2. The van der Waals surface area contributed by atoms with Crippen LogP contribution in [0.2, 0.25) is 0 Å². The van der Waals surface area contributed by atoms with Crippen LogP contribution in [-0.4, -0.2) is 34.1 Å².